The standard InChI is InChI=1S/C11H17NO2/c1-13-10-5-3-9(4-6-10)11(14-2)7-8-12/h3-6,11H,7-8,12H2,1-2H3. The highest BCUT2D eigenvalue weighted by atomic mass is 16.5. The van der Waals surface area contributed by atoms with Gasteiger partial charge in [-0.2, -0.15) is 0 Å². The highest BCUT2D eigenvalue weighted by molar-refractivity contribution is 5.28. The fourth-order valence-corrected chi connectivity index (χ4v) is 1.39. The van der Waals surface area contributed by atoms with Crippen LogP contribution in [0.1, 0.15) is 18.1 Å². The molecule has 78 valence electrons. The lowest BCUT2D eigenvalue weighted by atomic mass is 10.1. The summed E-state index contributed by atoms with van der Waals surface area (Å²) in [6.45, 7) is 0.629. The molecule has 14 heavy (non-hydrogen) atoms. The monoisotopic (exact) mass is 195 g/mol. The molecule has 2 N–H and O–H groups in total. The minimum Gasteiger partial charge on any atom is -0.497 e. The maximum absolute atomic E-state index is 5.49. The second kappa shape index (κ2) is 5.62. The van der Waals surface area contributed by atoms with Crippen molar-refractivity contribution in [2.75, 3.05) is 20.8 Å². The van der Waals surface area contributed by atoms with Crippen molar-refractivity contribution in [1.82, 2.24) is 0 Å². The van der Waals surface area contributed by atoms with Gasteiger partial charge in [-0.15, -0.1) is 0 Å². The quantitative estimate of drug-likeness (QED) is 0.778. The first kappa shape index (κ1) is 11.0. The molecule has 0 saturated carbocycles. The third-order valence-corrected chi connectivity index (χ3v) is 2.20. The number of benzene rings is 1. The number of nitrogens with two attached hydrogens (primary N) is 1. The van der Waals surface area contributed by atoms with Crippen molar-refractivity contribution in [3.8, 4) is 5.75 Å². The molecule has 3 nitrogen and oxygen atoms in total. The Bertz CT molecular complexity index is 258. The van der Waals surface area contributed by atoms with Crippen molar-refractivity contribution >= 4 is 0 Å². The number of hydrogen-bond donors (Lipinski definition) is 1. The van der Waals surface area contributed by atoms with E-state index in [0.29, 0.717) is 6.54 Å². The van der Waals surface area contributed by atoms with Crippen LogP contribution in [0.2, 0.25) is 0 Å². The first-order valence-electron chi connectivity index (χ1n) is 4.68. The molecular weight excluding hydrogens is 178 g/mol. The number of ether oxygens (including phenoxy) is 2. The van der Waals surface area contributed by atoms with Crippen molar-refractivity contribution < 1.29 is 9.47 Å². The molecular formula is C11H17NO2. The van der Waals surface area contributed by atoms with Gasteiger partial charge in [0.05, 0.1) is 13.2 Å². The van der Waals surface area contributed by atoms with Crippen molar-refractivity contribution in [3.05, 3.63) is 29.8 Å². The Balaban J connectivity index is 2.73. The predicted molar refractivity (Wildman–Crippen MR) is 56.4 cm³/mol. The first-order chi connectivity index (χ1) is 6.81. The lowest BCUT2D eigenvalue weighted by Gasteiger charge is -2.14. The van der Waals surface area contributed by atoms with Crippen molar-refractivity contribution in [1.29, 1.82) is 0 Å². The van der Waals surface area contributed by atoms with Crippen LogP contribution in [0.25, 0.3) is 0 Å². The first-order valence-corrected chi connectivity index (χ1v) is 4.68. The molecule has 0 spiro atoms. The van der Waals surface area contributed by atoms with Gasteiger partial charge in [0.25, 0.3) is 0 Å². The molecule has 0 aromatic heterocycles. The van der Waals surface area contributed by atoms with Crippen molar-refractivity contribution in [2.45, 2.75) is 12.5 Å². The number of rotatable bonds is 5. The summed E-state index contributed by atoms with van der Waals surface area (Å²) in [6.07, 6.45) is 0.925. The second-order valence-electron chi connectivity index (χ2n) is 3.07. The highest BCUT2D eigenvalue weighted by Crippen LogP contribution is 2.22. The summed E-state index contributed by atoms with van der Waals surface area (Å²) >= 11 is 0. The Morgan fingerprint density at radius 3 is 2.29 bits per heavy atom. The molecule has 1 aromatic carbocycles. The van der Waals surface area contributed by atoms with Gasteiger partial charge in [0.15, 0.2) is 0 Å². The predicted octanol–water partition coefficient (Wildman–Crippen LogP) is 1.73. The molecule has 0 fully saturated rings. The third kappa shape index (κ3) is 2.72. The van der Waals surface area contributed by atoms with E-state index in [-0.39, 0.29) is 6.10 Å². The summed E-state index contributed by atoms with van der Waals surface area (Å²) < 4.78 is 10.4. The Labute approximate surface area is 84.8 Å². The van der Waals surface area contributed by atoms with Crippen LogP contribution >= 0.6 is 0 Å². The van der Waals surface area contributed by atoms with E-state index >= 15 is 0 Å². The number of methoxy groups -OCH3 is 2. The van der Waals surface area contributed by atoms with Gasteiger partial charge in [-0.05, 0) is 30.7 Å². The lowest BCUT2D eigenvalue weighted by molar-refractivity contribution is 0.0977. The van der Waals surface area contributed by atoms with Gasteiger partial charge in [0.1, 0.15) is 5.75 Å². The van der Waals surface area contributed by atoms with E-state index < -0.39 is 0 Å². The summed E-state index contributed by atoms with van der Waals surface area (Å²) in [7, 11) is 3.35. The molecule has 0 radical (unpaired) electrons. The molecule has 1 unspecified atom stereocenters. The van der Waals surface area contributed by atoms with Crippen LogP contribution in [0.4, 0.5) is 0 Å². The zero-order valence-corrected chi connectivity index (χ0v) is 8.69. The van der Waals surface area contributed by atoms with Crippen LogP contribution in [-0.2, 0) is 4.74 Å². The van der Waals surface area contributed by atoms with E-state index in [1.807, 2.05) is 24.3 Å². The smallest absolute Gasteiger partial charge is 0.118 e. The Kier molecular flexibility index (Phi) is 4.43. The maximum Gasteiger partial charge on any atom is 0.118 e. The van der Waals surface area contributed by atoms with Gasteiger partial charge in [-0.25, -0.2) is 0 Å². The Morgan fingerprint density at radius 1 is 1.21 bits per heavy atom. The van der Waals surface area contributed by atoms with Gasteiger partial charge >= 0.3 is 0 Å². The van der Waals surface area contributed by atoms with Gasteiger partial charge in [-0.1, -0.05) is 12.1 Å². The summed E-state index contributed by atoms with van der Waals surface area (Å²) in [5.41, 5.74) is 6.63. The Morgan fingerprint density at radius 2 is 1.86 bits per heavy atom. The largest absolute Gasteiger partial charge is 0.497 e. The fraction of sp³-hybridized carbons (Fsp3) is 0.455. The van der Waals surface area contributed by atoms with Gasteiger partial charge in [0, 0.05) is 7.11 Å². The van der Waals surface area contributed by atoms with Crippen molar-refractivity contribution in [3.63, 3.8) is 0 Å². The third-order valence-electron chi connectivity index (χ3n) is 2.20. The van der Waals surface area contributed by atoms with E-state index in [4.69, 9.17) is 15.2 Å². The minimum atomic E-state index is 0.0888. The maximum atomic E-state index is 5.49. The molecule has 0 aliphatic rings. The van der Waals surface area contributed by atoms with E-state index in [1.54, 1.807) is 14.2 Å². The normalized spacial score (nSPS) is 12.5. The topological polar surface area (TPSA) is 44.5 Å². The average Bonchev–Trinajstić information content (AvgIpc) is 2.26. The summed E-state index contributed by atoms with van der Waals surface area (Å²) in [5.74, 6) is 0.858. The molecule has 0 saturated heterocycles. The van der Waals surface area contributed by atoms with Crippen LogP contribution in [0.15, 0.2) is 24.3 Å². The number of hydrogen-bond acceptors (Lipinski definition) is 3. The molecule has 0 heterocycles. The highest BCUT2D eigenvalue weighted by Gasteiger charge is 2.08. The van der Waals surface area contributed by atoms with E-state index in [0.717, 1.165) is 17.7 Å². The molecule has 0 aliphatic carbocycles. The fourth-order valence-electron chi connectivity index (χ4n) is 1.39. The summed E-state index contributed by atoms with van der Waals surface area (Å²) in [5, 5.41) is 0. The van der Waals surface area contributed by atoms with E-state index in [9.17, 15) is 0 Å². The zero-order chi connectivity index (χ0) is 10.4. The van der Waals surface area contributed by atoms with Crippen LogP contribution in [0.5, 0.6) is 5.75 Å². The van der Waals surface area contributed by atoms with E-state index in [1.165, 1.54) is 0 Å². The molecule has 3 heteroatoms. The molecule has 0 bridgehead atoms. The summed E-state index contributed by atoms with van der Waals surface area (Å²) in [6, 6.07) is 7.86. The van der Waals surface area contributed by atoms with E-state index in [2.05, 4.69) is 0 Å². The average molecular weight is 195 g/mol. The van der Waals surface area contributed by atoms with Gasteiger partial charge < -0.3 is 15.2 Å². The molecule has 1 aromatic rings. The second-order valence-corrected chi connectivity index (χ2v) is 3.07. The van der Waals surface area contributed by atoms with Gasteiger partial charge in [-0.3, -0.25) is 0 Å². The summed E-state index contributed by atoms with van der Waals surface area (Å²) in [4.78, 5) is 0. The molecule has 0 amide bonds. The molecule has 1 atom stereocenters. The molecule has 0 aliphatic heterocycles. The van der Waals surface area contributed by atoms with Crippen LogP contribution in [0, 0.1) is 0 Å². The van der Waals surface area contributed by atoms with Crippen molar-refractivity contribution in [2.24, 2.45) is 5.73 Å². The zero-order valence-electron chi connectivity index (χ0n) is 8.69. The van der Waals surface area contributed by atoms with Crippen LogP contribution in [0.3, 0.4) is 0 Å². The SMILES string of the molecule is COc1ccc(C(CCN)OC)cc1. The minimum absolute atomic E-state index is 0.0888. The molecule has 1 rings (SSSR count). The van der Waals surface area contributed by atoms with Gasteiger partial charge in [0.2, 0.25) is 0 Å². The van der Waals surface area contributed by atoms with Crippen LogP contribution < -0.4 is 10.5 Å². The Hall–Kier alpha value is -1.06. The lowest BCUT2D eigenvalue weighted by Crippen LogP contribution is -2.08. The van der Waals surface area contributed by atoms with Crippen LogP contribution in [-0.4, -0.2) is 20.8 Å².